The van der Waals surface area contributed by atoms with Gasteiger partial charge in [0.05, 0.1) is 5.69 Å². The van der Waals surface area contributed by atoms with Crippen molar-refractivity contribution in [1.29, 1.82) is 0 Å². The number of furan rings is 1. The lowest BCUT2D eigenvalue weighted by molar-refractivity contribution is -0.147. The van der Waals surface area contributed by atoms with Gasteiger partial charge >= 0.3 is 11.8 Å². The van der Waals surface area contributed by atoms with Gasteiger partial charge in [-0.2, -0.15) is 0 Å². The Balaban J connectivity index is 1.63. The van der Waals surface area contributed by atoms with Gasteiger partial charge < -0.3 is 19.5 Å². The van der Waals surface area contributed by atoms with Crippen molar-refractivity contribution >= 4 is 29.1 Å². The Morgan fingerprint density at radius 2 is 1.75 bits per heavy atom. The largest absolute Gasteiger partial charge is 0.459 e. The van der Waals surface area contributed by atoms with Crippen LogP contribution in [0.15, 0.2) is 16.5 Å². The number of carbonyl (C=O) groups is 3. The summed E-state index contributed by atoms with van der Waals surface area (Å²) in [7, 11) is 0. The van der Waals surface area contributed by atoms with Gasteiger partial charge in [-0.15, -0.1) is 11.3 Å². The smallest absolute Gasteiger partial charge is 0.312 e. The monoisotopic (exact) mass is 404 g/mol. The first-order valence-electron chi connectivity index (χ1n) is 9.19. The molecular weight excluding hydrogens is 380 g/mol. The molecule has 1 fully saturated rings. The summed E-state index contributed by atoms with van der Waals surface area (Å²) in [6.07, 6.45) is 0. The number of rotatable bonds is 3. The first-order chi connectivity index (χ1) is 13.3. The number of hydrogen-bond donors (Lipinski definition) is 1. The number of thiazole rings is 1. The number of piperazine rings is 1. The third-order valence-corrected chi connectivity index (χ3v) is 5.57. The third kappa shape index (κ3) is 4.24. The molecule has 0 bridgehead atoms. The van der Waals surface area contributed by atoms with Crippen molar-refractivity contribution in [3.8, 4) is 10.8 Å². The van der Waals surface area contributed by atoms with Crippen LogP contribution in [0, 0.1) is 13.8 Å². The van der Waals surface area contributed by atoms with Crippen molar-refractivity contribution in [2.75, 3.05) is 26.2 Å². The van der Waals surface area contributed by atoms with Crippen molar-refractivity contribution in [1.82, 2.24) is 20.1 Å². The summed E-state index contributed by atoms with van der Waals surface area (Å²) in [4.78, 5) is 45.2. The molecule has 3 amide bonds. The Kier molecular flexibility index (Phi) is 5.83. The Morgan fingerprint density at radius 1 is 1.11 bits per heavy atom. The second-order valence-electron chi connectivity index (χ2n) is 7.06. The van der Waals surface area contributed by atoms with E-state index in [9.17, 15) is 14.4 Å². The quantitative estimate of drug-likeness (QED) is 0.788. The zero-order valence-electron chi connectivity index (χ0n) is 16.4. The van der Waals surface area contributed by atoms with Gasteiger partial charge in [0.1, 0.15) is 10.6 Å². The van der Waals surface area contributed by atoms with E-state index >= 15 is 0 Å². The highest BCUT2D eigenvalue weighted by atomic mass is 32.1. The number of carbonyl (C=O) groups excluding carboxylic acids is 3. The lowest BCUT2D eigenvalue weighted by Gasteiger charge is -2.34. The Morgan fingerprint density at radius 3 is 2.32 bits per heavy atom. The second kappa shape index (κ2) is 8.14. The molecule has 3 heterocycles. The topological polar surface area (TPSA) is 95.8 Å². The van der Waals surface area contributed by atoms with Crippen molar-refractivity contribution in [2.45, 2.75) is 33.7 Å². The zero-order valence-corrected chi connectivity index (χ0v) is 17.3. The summed E-state index contributed by atoms with van der Waals surface area (Å²) in [6.45, 7) is 8.70. The molecule has 0 aliphatic carbocycles. The van der Waals surface area contributed by atoms with Crippen molar-refractivity contribution in [3.05, 3.63) is 28.5 Å². The molecule has 150 valence electrons. The predicted octanol–water partition coefficient (Wildman–Crippen LogP) is 1.83. The van der Waals surface area contributed by atoms with Gasteiger partial charge in [-0.1, -0.05) is 0 Å². The summed E-state index contributed by atoms with van der Waals surface area (Å²) < 4.78 is 5.59. The highest BCUT2D eigenvalue weighted by molar-refractivity contribution is 7.17. The molecule has 1 aliphatic heterocycles. The first-order valence-corrected chi connectivity index (χ1v) is 10.0. The lowest BCUT2D eigenvalue weighted by Crippen LogP contribution is -2.54. The van der Waals surface area contributed by atoms with Crippen LogP contribution in [0.4, 0.5) is 0 Å². The van der Waals surface area contributed by atoms with Crippen LogP contribution >= 0.6 is 11.3 Å². The zero-order chi connectivity index (χ0) is 20.4. The van der Waals surface area contributed by atoms with Gasteiger partial charge in [0.25, 0.3) is 5.91 Å². The van der Waals surface area contributed by atoms with E-state index in [0.717, 1.165) is 5.76 Å². The average molecular weight is 404 g/mol. The molecule has 2 aromatic rings. The predicted molar refractivity (Wildman–Crippen MR) is 105 cm³/mol. The molecule has 0 saturated carbocycles. The molecular formula is C19H24N4O4S. The van der Waals surface area contributed by atoms with Crippen LogP contribution in [0.5, 0.6) is 0 Å². The SMILES string of the molecule is Cc1ccc(-c2nc(C)c(C(=O)N3CCN(C(=O)C(=O)NC(C)C)CC3)s2)o1. The molecule has 0 unspecified atom stereocenters. The summed E-state index contributed by atoms with van der Waals surface area (Å²) in [6, 6.07) is 3.61. The first kappa shape index (κ1) is 20.1. The summed E-state index contributed by atoms with van der Waals surface area (Å²) >= 11 is 1.31. The molecule has 9 heteroatoms. The van der Waals surface area contributed by atoms with Crippen LogP contribution in [0.2, 0.25) is 0 Å². The van der Waals surface area contributed by atoms with Gasteiger partial charge in [0.15, 0.2) is 10.8 Å². The van der Waals surface area contributed by atoms with Crippen LogP contribution in [-0.2, 0) is 9.59 Å². The van der Waals surface area contributed by atoms with Crippen LogP contribution in [0.1, 0.15) is 35.0 Å². The molecule has 2 aromatic heterocycles. The Hall–Kier alpha value is -2.68. The Labute approximate surface area is 167 Å². The number of aryl methyl sites for hydroxylation is 2. The van der Waals surface area contributed by atoms with E-state index in [-0.39, 0.29) is 11.9 Å². The minimum absolute atomic E-state index is 0.0965. The van der Waals surface area contributed by atoms with Gasteiger partial charge in [0, 0.05) is 32.2 Å². The summed E-state index contributed by atoms with van der Waals surface area (Å²) in [5.74, 6) is 0.175. The number of nitrogens with one attached hydrogen (secondary N) is 1. The molecule has 1 aliphatic rings. The fourth-order valence-electron chi connectivity index (χ4n) is 2.97. The highest BCUT2D eigenvalue weighted by Crippen LogP contribution is 2.30. The van der Waals surface area contributed by atoms with Gasteiger partial charge in [-0.05, 0) is 39.8 Å². The van der Waals surface area contributed by atoms with E-state index < -0.39 is 11.8 Å². The number of hydrogen-bond acceptors (Lipinski definition) is 6. The molecule has 0 spiro atoms. The molecule has 8 nitrogen and oxygen atoms in total. The summed E-state index contributed by atoms with van der Waals surface area (Å²) in [5, 5.41) is 3.28. The van der Waals surface area contributed by atoms with Crippen LogP contribution < -0.4 is 5.32 Å². The molecule has 0 radical (unpaired) electrons. The lowest BCUT2D eigenvalue weighted by atomic mass is 10.2. The van der Waals surface area contributed by atoms with Crippen LogP contribution in [0.25, 0.3) is 10.8 Å². The van der Waals surface area contributed by atoms with Crippen molar-refractivity contribution in [3.63, 3.8) is 0 Å². The number of nitrogens with zero attached hydrogens (tertiary/aromatic N) is 3. The standard InChI is InChI=1S/C19H24N4O4S/c1-11(2)20-16(24)19(26)23-9-7-22(8-10-23)18(25)15-13(4)21-17(28-15)14-6-5-12(3)27-14/h5-6,11H,7-10H2,1-4H3,(H,20,24). The van der Waals surface area contributed by atoms with E-state index in [0.29, 0.717) is 47.5 Å². The normalized spacial score (nSPS) is 14.5. The number of amides is 3. The van der Waals surface area contributed by atoms with E-state index in [1.54, 1.807) is 25.7 Å². The van der Waals surface area contributed by atoms with E-state index in [1.165, 1.54) is 16.2 Å². The van der Waals surface area contributed by atoms with Gasteiger partial charge in [0.2, 0.25) is 0 Å². The molecule has 28 heavy (non-hydrogen) atoms. The molecule has 0 atom stereocenters. The van der Waals surface area contributed by atoms with E-state index in [2.05, 4.69) is 10.3 Å². The van der Waals surface area contributed by atoms with Crippen molar-refractivity contribution in [2.24, 2.45) is 0 Å². The van der Waals surface area contributed by atoms with Gasteiger partial charge in [-0.3, -0.25) is 14.4 Å². The average Bonchev–Trinajstić information content (AvgIpc) is 3.25. The number of aromatic nitrogens is 1. The maximum absolute atomic E-state index is 12.9. The maximum atomic E-state index is 12.9. The minimum Gasteiger partial charge on any atom is -0.459 e. The van der Waals surface area contributed by atoms with E-state index in [1.807, 2.05) is 19.1 Å². The third-order valence-electron chi connectivity index (χ3n) is 4.41. The van der Waals surface area contributed by atoms with E-state index in [4.69, 9.17) is 4.42 Å². The Bertz CT molecular complexity index is 894. The van der Waals surface area contributed by atoms with Crippen LogP contribution in [0.3, 0.4) is 0 Å². The highest BCUT2D eigenvalue weighted by Gasteiger charge is 2.30. The molecule has 3 rings (SSSR count). The fraction of sp³-hybridized carbons (Fsp3) is 0.474. The van der Waals surface area contributed by atoms with Crippen molar-refractivity contribution < 1.29 is 18.8 Å². The maximum Gasteiger partial charge on any atom is 0.312 e. The minimum atomic E-state index is -0.605. The fourth-order valence-corrected chi connectivity index (χ4v) is 3.97. The van der Waals surface area contributed by atoms with Crippen LogP contribution in [-0.4, -0.2) is 64.7 Å². The molecule has 0 aromatic carbocycles. The molecule has 1 N–H and O–H groups in total. The molecule has 1 saturated heterocycles. The second-order valence-corrected chi connectivity index (χ2v) is 8.06. The summed E-state index contributed by atoms with van der Waals surface area (Å²) in [5.41, 5.74) is 0.661. The van der Waals surface area contributed by atoms with Gasteiger partial charge in [-0.25, -0.2) is 4.98 Å².